The van der Waals surface area contributed by atoms with Gasteiger partial charge in [0.2, 0.25) is 5.95 Å². The van der Waals surface area contributed by atoms with Gasteiger partial charge in [-0.25, -0.2) is 4.57 Å². The van der Waals surface area contributed by atoms with Gasteiger partial charge in [0.15, 0.2) is 28.1 Å². The van der Waals surface area contributed by atoms with Crippen LogP contribution in [0.2, 0.25) is 0 Å². The first-order chi connectivity index (χ1) is 20.5. The number of aromatic nitrogens is 3. The first kappa shape index (κ1) is 27.4. The second-order valence-electron chi connectivity index (χ2n) is 10.6. The third-order valence-corrected chi connectivity index (χ3v) is 11.0. The molecule has 0 spiro atoms. The van der Waals surface area contributed by atoms with Gasteiger partial charge < -0.3 is 4.74 Å². The molecule has 12 heteroatoms. The predicted molar refractivity (Wildman–Crippen MR) is 167 cm³/mol. The normalized spacial score (nSPS) is 20.2. The summed E-state index contributed by atoms with van der Waals surface area (Å²) >= 11 is 4.45. The Bertz CT molecular complexity index is 1700. The highest BCUT2D eigenvalue weighted by atomic mass is 32.2. The first-order valence-electron chi connectivity index (χ1n) is 13.7. The smallest absolute Gasteiger partial charge is 0.241 e. The van der Waals surface area contributed by atoms with Gasteiger partial charge in [-0.15, -0.1) is 21.5 Å². The highest BCUT2D eigenvalue weighted by molar-refractivity contribution is 8.14. The molecule has 0 saturated carbocycles. The number of hydrogen-bond acceptors (Lipinski definition) is 11. The summed E-state index contributed by atoms with van der Waals surface area (Å²) in [6.07, 6.45) is 1.42. The lowest BCUT2D eigenvalue weighted by Crippen LogP contribution is -2.40. The van der Waals surface area contributed by atoms with E-state index >= 15 is 0 Å². The van der Waals surface area contributed by atoms with Crippen LogP contribution in [0.1, 0.15) is 63.2 Å². The topological polar surface area (TPSA) is 102 Å². The molecule has 1 unspecified atom stereocenters. The van der Waals surface area contributed by atoms with Crippen molar-refractivity contribution in [2.24, 2.45) is 5.10 Å². The maximum Gasteiger partial charge on any atom is 0.241 e. The predicted octanol–water partition coefficient (Wildman–Crippen LogP) is 5.85. The van der Waals surface area contributed by atoms with Gasteiger partial charge in [0.1, 0.15) is 5.00 Å². The zero-order chi connectivity index (χ0) is 28.8. The SMILES string of the molecule is CC[C@@]1(C)Cc2c(sc3c2C2NN=C(SCC(=O)c4ccccc4)N2c2nnc(SCC(=O)c4ccccc4)n2-3)CO1. The van der Waals surface area contributed by atoms with E-state index in [0.29, 0.717) is 34.0 Å². The molecule has 0 aliphatic carbocycles. The third-order valence-electron chi connectivity index (χ3n) is 7.87. The summed E-state index contributed by atoms with van der Waals surface area (Å²) in [4.78, 5) is 29.1. The van der Waals surface area contributed by atoms with E-state index in [1.54, 1.807) is 11.3 Å². The Kier molecular flexibility index (Phi) is 7.17. The minimum Gasteiger partial charge on any atom is -0.369 e. The molecule has 2 aromatic heterocycles. The van der Waals surface area contributed by atoms with E-state index < -0.39 is 0 Å². The Morgan fingerprint density at radius 3 is 2.36 bits per heavy atom. The molecule has 1 N–H and O–H groups in total. The van der Waals surface area contributed by atoms with Crippen molar-refractivity contribution in [3.05, 3.63) is 87.8 Å². The second-order valence-corrected chi connectivity index (χ2v) is 13.5. The van der Waals surface area contributed by atoms with Gasteiger partial charge in [-0.05, 0) is 18.9 Å². The van der Waals surface area contributed by atoms with Gasteiger partial charge in [-0.3, -0.25) is 19.9 Å². The highest BCUT2D eigenvalue weighted by Gasteiger charge is 2.46. The molecule has 214 valence electrons. The zero-order valence-corrected chi connectivity index (χ0v) is 25.5. The summed E-state index contributed by atoms with van der Waals surface area (Å²) in [5, 5.41) is 16.2. The van der Waals surface area contributed by atoms with Crippen molar-refractivity contribution in [3.63, 3.8) is 0 Å². The molecule has 0 radical (unpaired) electrons. The van der Waals surface area contributed by atoms with E-state index in [1.807, 2.05) is 70.1 Å². The Morgan fingerprint density at radius 1 is 1.02 bits per heavy atom. The molecule has 0 fully saturated rings. The number of carbonyl (C=O) groups excluding carboxylic acids is 2. The lowest BCUT2D eigenvalue weighted by molar-refractivity contribution is -0.0549. The fraction of sp³-hybridized carbons (Fsp3) is 0.300. The van der Waals surface area contributed by atoms with Crippen LogP contribution in [0.4, 0.5) is 5.95 Å². The van der Waals surface area contributed by atoms with Crippen LogP contribution >= 0.6 is 34.9 Å². The molecule has 5 heterocycles. The minimum absolute atomic E-state index is 0.0320. The molecule has 2 atom stereocenters. The number of amidine groups is 1. The van der Waals surface area contributed by atoms with E-state index in [2.05, 4.69) is 34.6 Å². The molecular weight excluding hydrogens is 589 g/mol. The maximum atomic E-state index is 13.0. The van der Waals surface area contributed by atoms with Gasteiger partial charge in [-0.1, -0.05) is 91.1 Å². The van der Waals surface area contributed by atoms with Crippen molar-refractivity contribution in [2.45, 2.75) is 50.2 Å². The fourth-order valence-corrected chi connectivity index (χ4v) is 8.38. The number of rotatable bonds is 8. The molecule has 3 aliphatic rings. The van der Waals surface area contributed by atoms with Crippen LogP contribution in [-0.4, -0.2) is 48.6 Å². The van der Waals surface area contributed by atoms with Crippen LogP contribution in [0, 0.1) is 0 Å². The Hall–Kier alpha value is -3.45. The fourth-order valence-electron chi connectivity index (χ4n) is 5.36. The third kappa shape index (κ3) is 4.76. The zero-order valence-electron chi connectivity index (χ0n) is 23.1. The number of carbonyl (C=O) groups is 2. The standard InChI is InChI=1S/C30H28N6O3S3/c1-3-30(2)14-20-23(15-39-30)42-26-24(20)25-31-33-28(40-16-21(37)18-10-6-4-7-11-18)35(25)27-32-34-29(36(26)27)41-17-22(38)19-12-8-5-9-13-19/h4-13,25,31H,3,14-17H2,1-2H3/t25?,30-/m0/s1. The molecule has 0 amide bonds. The Balaban J connectivity index is 1.23. The summed E-state index contributed by atoms with van der Waals surface area (Å²) in [7, 11) is 0. The van der Waals surface area contributed by atoms with E-state index in [0.717, 1.165) is 23.4 Å². The highest BCUT2D eigenvalue weighted by Crippen LogP contribution is 2.50. The Labute approximate surface area is 255 Å². The van der Waals surface area contributed by atoms with E-state index in [1.165, 1.54) is 34.0 Å². The minimum atomic E-state index is -0.269. The molecule has 4 aromatic rings. The Morgan fingerprint density at radius 2 is 1.69 bits per heavy atom. The number of hydrazone groups is 1. The first-order valence-corrected chi connectivity index (χ1v) is 16.5. The van der Waals surface area contributed by atoms with Gasteiger partial charge >= 0.3 is 0 Å². The summed E-state index contributed by atoms with van der Waals surface area (Å²) in [6, 6.07) is 18.6. The van der Waals surface area contributed by atoms with Crippen molar-refractivity contribution in [2.75, 3.05) is 16.4 Å². The van der Waals surface area contributed by atoms with E-state index in [-0.39, 0.29) is 34.8 Å². The van der Waals surface area contributed by atoms with Crippen molar-refractivity contribution < 1.29 is 14.3 Å². The number of thioether (sulfide) groups is 2. The number of hydrogen-bond donors (Lipinski definition) is 1. The van der Waals surface area contributed by atoms with Crippen LogP contribution in [0.3, 0.4) is 0 Å². The quantitative estimate of drug-likeness (QED) is 0.193. The number of nitrogens with zero attached hydrogens (tertiary/aromatic N) is 5. The van der Waals surface area contributed by atoms with Crippen molar-refractivity contribution >= 4 is 57.5 Å². The number of benzene rings is 2. The molecule has 42 heavy (non-hydrogen) atoms. The molecular formula is C30H28N6O3S3. The number of nitrogens with one attached hydrogen (secondary N) is 1. The number of anilines is 1. The van der Waals surface area contributed by atoms with Crippen LogP contribution in [0.5, 0.6) is 0 Å². The largest absolute Gasteiger partial charge is 0.369 e. The lowest BCUT2D eigenvalue weighted by atomic mass is 9.88. The van der Waals surface area contributed by atoms with Crippen molar-refractivity contribution in [1.29, 1.82) is 0 Å². The summed E-state index contributed by atoms with van der Waals surface area (Å²) in [5.74, 6) is 1.16. The molecule has 0 bridgehead atoms. The monoisotopic (exact) mass is 616 g/mol. The summed E-state index contributed by atoms with van der Waals surface area (Å²) < 4.78 is 8.35. The molecule has 3 aliphatic heterocycles. The maximum absolute atomic E-state index is 13.0. The number of ketones is 2. The number of ether oxygens (including phenoxy) is 1. The van der Waals surface area contributed by atoms with Crippen LogP contribution in [0.15, 0.2) is 70.9 Å². The number of thiophene rings is 1. The van der Waals surface area contributed by atoms with Crippen molar-refractivity contribution in [1.82, 2.24) is 20.2 Å². The lowest BCUT2D eigenvalue weighted by Gasteiger charge is -2.35. The van der Waals surface area contributed by atoms with Gasteiger partial charge in [0.05, 0.1) is 23.7 Å². The van der Waals surface area contributed by atoms with E-state index in [9.17, 15) is 9.59 Å². The summed E-state index contributed by atoms with van der Waals surface area (Å²) in [5.41, 5.74) is 6.83. The average molecular weight is 617 g/mol. The summed E-state index contributed by atoms with van der Waals surface area (Å²) in [6.45, 7) is 4.86. The number of Topliss-reactive ketones (excluding diaryl/α,β-unsaturated/α-hetero) is 2. The molecule has 9 nitrogen and oxygen atoms in total. The number of fused-ring (bicyclic) bond motifs is 8. The van der Waals surface area contributed by atoms with Crippen LogP contribution in [-0.2, 0) is 17.8 Å². The van der Waals surface area contributed by atoms with Gasteiger partial charge in [-0.2, -0.15) is 5.10 Å². The van der Waals surface area contributed by atoms with E-state index in [4.69, 9.17) is 4.74 Å². The van der Waals surface area contributed by atoms with Crippen molar-refractivity contribution in [3.8, 4) is 5.00 Å². The molecule has 2 aromatic carbocycles. The van der Waals surface area contributed by atoms with Gasteiger partial charge in [0, 0.05) is 28.0 Å². The molecule has 7 rings (SSSR count). The van der Waals surface area contributed by atoms with Crippen LogP contribution in [0.25, 0.3) is 5.00 Å². The molecule has 0 saturated heterocycles. The van der Waals surface area contributed by atoms with Gasteiger partial charge in [0.25, 0.3) is 0 Å². The average Bonchev–Trinajstić information content (AvgIpc) is 3.74. The second kappa shape index (κ2) is 11.0. The van der Waals surface area contributed by atoms with Crippen LogP contribution < -0.4 is 10.3 Å².